The molecule has 1 aromatic heterocycles. The Balaban J connectivity index is 2.53. The van der Waals surface area contributed by atoms with E-state index in [1.54, 1.807) is 20.8 Å². The number of nitrogens with zero attached hydrogens (tertiary/aromatic N) is 2. The van der Waals surface area contributed by atoms with Crippen LogP contribution in [0.3, 0.4) is 0 Å². The molecule has 0 N–H and O–H groups in total. The summed E-state index contributed by atoms with van der Waals surface area (Å²) in [7, 11) is 0. The first-order chi connectivity index (χ1) is 8.28. The van der Waals surface area contributed by atoms with Gasteiger partial charge in [0.1, 0.15) is 11.4 Å². The van der Waals surface area contributed by atoms with Crippen LogP contribution in [-0.2, 0) is 4.74 Å². The molecule has 2 aromatic rings. The topological polar surface area (TPSA) is 44.1 Å². The van der Waals surface area contributed by atoms with Crippen molar-refractivity contribution in [3.63, 3.8) is 0 Å². The van der Waals surface area contributed by atoms with Gasteiger partial charge >= 0.3 is 6.09 Å². The molecular weight excluding hydrogens is 259 g/mol. The zero-order chi connectivity index (χ0) is 13.5. The molecule has 0 aliphatic heterocycles. The lowest BCUT2D eigenvalue weighted by molar-refractivity contribution is 0.0544. The minimum atomic E-state index is -0.680. The summed E-state index contributed by atoms with van der Waals surface area (Å²) in [6.07, 6.45) is -0.680. The Morgan fingerprint density at radius 2 is 2.11 bits per heavy atom. The van der Waals surface area contributed by atoms with Crippen LogP contribution in [0.25, 0.3) is 11.0 Å². The van der Waals surface area contributed by atoms with Crippen molar-refractivity contribution >= 4 is 28.7 Å². The summed E-state index contributed by atoms with van der Waals surface area (Å²) in [4.78, 5) is 15.9. The number of imidazole rings is 1. The Hall–Kier alpha value is -1.62. The van der Waals surface area contributed by atoms with Gasteiger partial charge in [-0.1, -0.05) is 0 Å². The second kappa shape index (κ2) is 4.24. The summed E-state index contributed by atoms with van der Waals surface area (Å²) >= 11 is 5.87. The van der Waals surface area contributed by atoms with Crippen LogP contribution in [0.2, 0.25) is 5.28 Å². The Kier molecular flexibility index (Phi) is 3.02. The van der Waals surface area contributed by atoms with Crippen molar-refractivity contribution in [1.82, 2.24) is 9.55 Å². The molecule has 0 spiro atoms. The molecule has 0 saturated heterocycles. The first-order valence-electron chi connectivity index (χ1n) is 5.35. The SMILES string of the molecule is CC(C)(C)OC(=O)n1c(Cl)nc2ccc(F)cc21. The Morgan fingerprint density at radius 3 is 2.72 bits per heavy atom. The van der Waals surface area contributed by atoms with Crippen molar-refractivity contribution in [2.24, 2.45) is 0 Å². The van der Waals surface area contributed by atoms with Crippen LogP contribution in [-0.4, -0.2) is 21.2 Å². The van der Waals surface area contributed by atoms with E-state index in [0.717, 1.165) is 4.57 Å². The third-order valence-electron chi connectivity index (χ3n) is 2.15. The number of aromatic nitrogens is 2. The summed E-state index contributed by atoms with van der Waals surface area (Å²) in [5, 5.41) is -0.0511. The molecule has 1 heterocycles. The number of halogens is 2. The molecule has 0 fully saturated rings. The fourth-order valence-electron chi connectivity index (χ4n) is 1.50. The minimum Gasteiger partial charge on any atom is -0.443 e. The summed E-state index contributed by atoms with van der Waals surface area (Å²) in [5.41, 5.74) is 0.0612. The molecule has 0 bridgehead atoms. The molecule has 0 saturated carbocycles. The number of benzene rings is 1. The third-order valence-corrected chi connectivity index (χ3v) is 2.41. The van der Waals surface area contributed by atoms with Crippen LogP contribution in [0.15, 0.2) is 18.2 Å². The highest BCUT2D eigenvalue weighted by Crippen LogP contribution is 2.22. The molecule has 2 rings (SSSR count). The molecule has 6 heteroatoms. The van der Waals surface area contributed by atoms with E-state index in [2.05, 4.69) is 4.98 Å². The molecule has 1 aromatic carbocycles. The lowest BCUT2D eigenvalue weighted by Gasteiger charge is -2.19. The maximum absolute atomic E-state index is 13.2. The Labute approximate surface area is 108 Å². The first kappa shape index (κ1) is 12.8. The summed E-state index contributed by atoms with van der Waals surface area (Å²) < 4.78 is 19.4. The van der Waals surface area contributed by atoms with Gasteiger partial charge in [0, 0.05) is 6.07 Å². The number of carbonyl (C=O) groups is 1. The molecule has 0 atom stereocenters. The molecule has 0 radical (unpaired) electrons. The van der Waals surface area contributed by atoms with Gasteiger partial charge < -0.3 is 4.74 Å². The fraction of sp³-hybridized carbons (Fsp3) is 0.333. The molecule has 4 nitrogen and oxygen atoms in total. The van der Waals surface area contributed by atoms with E-state index in [1.807, 2.05) is 0 Å². The van der Waals surface area contributed by atoms with Gasteiger partial charge in [-0.3, -0.25) is 0 Å². The highest BCUT2D eigenvalue weighted by Gasteiger charge is 2.22. The van der Waals surface area contributed by atoms with Crippen molar-refractivity contribution < 1.29 is 13.9 Å². The average Bonchev–Trinajstić information content (AvgIpc) is 2.50. The van der Waals surface area contributed by atoms with Crippen LogP contribution >= 0.6 is 11.6 Å². The highest BCUT2D eigenvalue weighted by atomic mass is 35.5. The van der Waals surface area contributed by atoms with Gasteiger partial charge in [0.05, 0.1) is 11.0 Å². The number of fused-ring (bicyclic) bond motifs is 1. The zero-order valence-corrected chi connectivity index (χ0v) is 11.0. The van der Waals surface area contributed by atoms with Crippen molar-refractivity contribution in [3.8, 4) is 0 Å². The van der Waals surface area contributed by atoms with E-state index in [-0.39, 0.29) is 10.8 Å². The van der Waals surface area contributed by atoms with E-state index in [9.17, 15) is 9.18 Å². The molecular formula is C12H12ClFN2O2. The molecule has 0 aliphatic carbocycles. The van der Waals surface area contributed by atoms with Crippen LogP contribution in [0.4, 0.5) is 9.18 Å². The van der Waals surface area contributed by atoms with Gasteiger partial charge in [-0.15, -0.1) is 0 Å². The lowest BCUT2D eigenvalue weighted by Crippen LogP contribution is -2.27. The smallest absolute Gasteiger partial charge is 0.421 e. The Bertz CT molecular complexity index is 616. The van der Waals surface area contributed by atoms with E-state index >= 15 is 0 Å². The van der Waals surface area contributed by atoms with Crippen molar-refractivity contribution in [2.45, 2.75) is 26.4 Å². The van der Waals surface area contributed by atoms with Crippen molar-refractivity contribution in [2.75, 3.05) is 0 Å². The van der Waals surface area contributed by atoms with E-state index in [0.29, 0.717) is 5.52 Å². The Morgan fingerprint density at radius 1 is 1.44 bits per heavy atom. The van der Waals surface area contributed by atoms with Crippen molar-refractivity contribution in [3.05, 3.63) is 29.3 Å². The molecule has 0 unspecified atom stereocenters. The largest absolute Gasteiger partial charge is 0.443 e. The van der Waals surface area contributed by atoms with Crippen LogP contribution < -0.4 is 0 Å². The number of rotatable bonds is 0. The minimum absolute atomic E-state index is 0.0511. The molecule has 0 amide bonds. The van der Waals surface area contributed by atoms with E-state index in [1.165, 1.54) is 18.2 Å². The third kappa shape index (κ3) is 2.46. The zero-order valence-electron chi connectivity index (χ0n) is 10.2. The average molecular weight is 271 g/mol. The van der Waals surface area contributed by atoms with Crippen LogP contribution in [0, 0.1) is 5.82 Å². The quantitative estimate of drug-likeness (QED) is 0.734. The predicted octanol–water partition coefficient (Wildman–Crippen LogP) is 3.61. The summed E-state index contributed by atoms with van der Waals surface area (Å²) in [6.45, 7) is 5.20. The second-order valence-electron chi connectivity index (χ2n) is 4.83. The molecule has 0 aliphatic rings. The van der Waals surface area contributed by atoms with Crippen LogP contribution in [0.5, 0.6) is 0 Å². The van der Waals surface area contributed by atoms with Gasteiger partial charge in [0.15, 0.2) is 0 Å². The van der Waals surface area contributed by atoms with E-state index < -0.39 is 17.5 Å². The fourth-order valence-corrected chi connectivity index (χ4v) is 1.75. The predicted molar refractivity (Wildman–Crippen MR) is 66.3 cm³/mol. The van der Waals surface area contributed by atoms with Gasteiger partial charge in [-0.05, 0) is 44.5 Å². The molecule has 96 valence electrons. The number of hydrogen-bond donors (Lipinski definition) is 0. The summed E-state index contributed by atoms with van der Waals surface area (Å²) in [6, 6.07) is 3.90. The number of ether oxygens (including phenoxy) is 1. The highest BCUT2D eigenvalue weighted by molar-refractivity contribution is 6.30. The van der Waals surface area contributed by atoms with Crippen molar-refractivity contribution in [1.29, 1.82) is 0 Å². The maximum atomic E-state index is 13.2. The lowest BCUT2D eigenvalue weighted by atomic mass is 10.2. The standard InChI is InChI=1S/C12H12ClFN2O2/c1-12(2,3)18-11(17)16-9-6-7(14)4-5-8(9)15-10(16)13/h4-6H,1-3H3. The first-order valence-corrected chi connectivity index (χ1v) is 5.72. The second-order valence-corrected chi connectivity index (χ2v) is 5.17. The van der Waals surface area contributed by atoms with Gasteiger partial charge in [0.25, 0.3) is 0 Å². The molecule has 18 heavy (non-hydrogen) atoms. The van der Waals surface area contributed by atoms with Gasteiger partial charge in [-0.2, -0.15) is 0 Å². The monoisotopic (exact) mass is 270 g/mol. The summed E-state index contributed by atoms with van der Waals surface area (Å²) in [5.74, 6) is -0.469. The maximum Gasteiger partial charge on any atom is 0.421 e. The van der Waals surface area contributed by atoms with Crippen LogP contribution in [0.1, 0.15) is 20.8 Å². The van der Waals surface area contributed by atoms with E-state index in [4.69, 9.17) is 16.3 Å². The number of hydrogen-bond acceptors (Lipinski definition) is 3. The van der Waals surface area contributed by atoms with Gasteiger partial charge in [0.2, 0.25) is 5.28 Å². The normalized spacial score (nSPS) is 11.8. The van der Waals surface area contributed by atoms with Gasteiger partial charge in [-0.25, -0.2) is 18.7 Å². The number of carbonyl (C=O) groups excluding carboxylic acids is 1.